The predicted octanol–water partition coefficient (Wildman–Crippen LogP) is 3.52. The van der Waals surface area contributed by atoms with Crippen molar-refractivity contribution in [3.63, 3.8) is 0 Å². The maximum absolute atomic E-state index is 12.6. The number of halogens is 1. The van der Waals surface area contributed by atoms with Crippen LogP contribution >= 0.6 is 22.9 Å². The number of hydrogen-bond acceptors (Lipinski definition) is 5. The number of ether oxygens (including phenoxy) is 2. The van der Waals surface area contributed by atoms with Crippen LogP contribution in [-0.4, -0.2) is 30.7 Å². The average molecular weight is 419 g/mol. The standard InChI is InChI=1S/C20H19ClN2O4S/c1-12-8-13(4-7-16(12)26-2)9-18(24)22-20-23(11-19(25)27-3)15-6-5-14(21)10-17(15)28-20/h4-8,10H,9,11H2,1-3H3. The lowest BCUT2D eigenvalue weighted by Crippen LogP contribution is -2.22. The number of carbonyl (C=O) groups is 2. The van der Waals surface area contributed by atoms with Crippen molar-refractivity contribution in [1.29, 1.82) is 0 Å². The SMILES string of the molecule is COC(=O)Cn1c(=NC(=O)Cc2ccc(OC)c(C)c2)sc2cc(Cl)ccc21. The second kappa shape index (κ2) is 8.58. The fourth-order valence-corrected chi connectivity index (χ4v) is 4.17. The molecule has 6 nitrogen and oxygen atoms in total. The number of nitrogens with zero attached hydrogens (tertiary/aromatic N) is 2. The van der Waals surface area contributed by atoms with E-state index in [-0.39, 0.29) is 18.9 Å². The van der Waals surface area contributed by atoms with Gasteiger partial charge in [0, 0.05) is 5.02 Å². The summed E-state index contributed by atoms with van der Waals surface area (Å²) in [5.41, 5.74) is 2.56. The second-order valence-corrected chi connectivity index (χ2v) is 7.59. The first kappa shape index (κ1) is 20.1. The van der Waals surface area contributed by atoms with Crippen LogP contribution in [0.1, 0.15) is 11.1 Å². The molecule has 3 aromatic rings. The molecule has 0 aliphatic carbocycles. The molecule has 1 amide bonds. The molecule has 2 aromatic carbocycles. The Labute approximate surface area is 171 Å². The summed E-state index contributed by atoms with van der Waals surface area (Å²) in [7, 11) is 2.93. The minimum absolute atomic E-state index is 0.0358. The van der Waals surface area contributed by atoms with Gasteiger partial charge >= 0.3 is 5.97 Å². The summed E-state index contributed by atoms with van der Waals surface area (Å²) < 4.78 is 12.5. The zero-order valence-electron chi connectivity index (χ0n) is 15.7. The van der Waals surface area contributed by atoms with Crippen molar-refractivity contribution in [3.05, 3.63) is 57.3 Å². The van der Waals surface area contributed by atoms with E-state index in [2.05, 4.69) is 4.99 Å². The lowest BCUT2D eigenvalue weighted by atomic mass is 10.1. The molecule has 0 atom stereocenters. The van der Waals surface area contributed by atoms with E-state index < -0.39 is 5.97 Å². The van der Waals surface area contributed by atoms with Crippen LogP contribution in [0.4, 0.5) is 0 Å². The Balaban J connectivity index is 1.97. The summed E-state index contributed by atoms with van der Waals surface area (Å²) in [5.74, 6) is 0.0422. The van der Waals surface area contributed by atoms with E-state index in [1.165, 1.54) is 18.4 Å². The summed E-state index contributed by atoms with van der Waals surface area (Å²) >= 11 is 7.37. The molecule has 0 radical (unpaired) electrons. The highest BCUT2D eigenvalue weighted by Crippen LogP contribution is 2.22. The number of fused-ring (bicyclic) bond motifs is 1. The molecular weight excluding hydrogens is 400 g/mol. The van der Waals surface area contributed by atoms with E-state index in [1.54, 1.807) is 29.9 Å². The topological polar surface area (TPSA) is 69.9 Å². The predicted molar refractivity (Wildman–Crippen MR) is 109 cm³/mol. The number of thiazole rings is 1. The summed E-state index contributed by atoms with van der Waals surface area (Å²) in [6, 6.07) is 10.9. The van der Waals surface area contributed by atoms with Gasteiger partial charge in [-0.3, -0.25) is 9.59 Å². The van der Waals surface area contributed by atoms with Gasteiger partial charge in [-0.05, 0) is 42.3 Å². The average Bonchev–Trinajstić information content (AvgIpc) is 2.97. The molecule has 8 heteroatoms. The monoisotopic (exact) mass is 418 g/mol. The summed E-state index contributed by atoms with van der Waals surface area (Å²) in [6.07, 6.45) is 0.151. The molecule has 0 spiro atoms. The van der Waals surface area contributed by atoms with Crippen molar-refractivity contribution in [3.8, 4) is 5.75 Å². The third kappa shape index (κ3) is 4.43. The van der Waals surface area contributed by atoms with Crippen LogP contribution in [0, 0.1) is 6.92 Å². The van der Waals surface area contributed by atoms with Gasteiger partial charge in [-0.25, -0.2) is 0 Å². The van der Waals surface area contributed by atoms with Crippen LogP contribution in [0.15, 0.2) is 41.4 Å². The van der Waals surface area contributed by atoms with Crippen LogP contribution in [0.5, 0.6) is 5.75 Å². The fraction of sp³-hybridized carbons (Fsp3) is 0.250. The molecule has 0 saturated carbocycles. The van der Waals surface area contributed by atoms with Gasteiger partial charge in [0.25, 0.3) is 5.91 Å². The molecule has 0 aliphatic rings. The minimum atomic E-state index is -0.422. The molecule has 0 bridgehead atoms. The largest absolute Gasteiger partial charge is 0.496 e. The molecule has 0 N–H and O–H groups in total. The Morgan fingerprint density at radius 2 is 1.96 bits per heavy atom. The quantitative estimate of drug-likeness (QED) is 0.594. The highest BCUT2D eigenvalue weighted by Gasteiger charge is 2.13. The first-order valence-electron chi connectivity index (χ1n) is 8.48. The van der Waals surface area contributed by atoms with Gasteiger partial charge in [0.2, 0.25) is 0 Å². The summed E-state index contributed by atoms with van der Waals surface area (Å²) in [6.45, 7) is 1.88. The smallest absolute Gasteiger partial charge is 0.325 e. The van der Waals surface area contributed by atoms with Gasteiger partial charge in [-0.2, -0.15) is 4.99 Å². The highest BCUT2D eigenvalue weighted by molar-refractivity contribution is 7.16. The number of carbonyl (C=O) groups excluding carboxylic acids is 2. The van der Waals surface area contributed by atoms with E-state index in [4.69, 9.17) is 21.1 Å². The number of amides is 1. The maximum atomic E-state index is 12.6. The number of benzene rings is 2. The molecule has 0 aliphatic heterocycles. The number of hydrogen-bond donors (Lipinski definition) is 0. The molecule has 0 saturated heterocycles. The van der Waals surface area contributed by atoms with Gasteiger partial charge in [0.1, 0.15) is 12.3 Å². The third-order valence-corrected chi connectivity index (χ3v) is 5.47. The molecule has 1 aromatic heterocycles. The Bertz CT molecular complexity index is 1120. The number of aromatic nitrogens is 1. The number of esters is 1. The van der Waals surface area contributed by atoms with Crippen LogP contribution in [0.25, 0.3) is 10.2 Å². The molecule has 146 valence electrons. The summed E-state index contributed by atoms with van der Waals surface area (Å²) in [4.78, 5) is 29.0. The lowest BCUT2D eigenvalue weighted by Gasteiger charge is -2.06. The van der Waals surface area contributed by atoms with E-state index in [0.717, 1.165) is 27.1 Å². The first-order valence-corrected chi connectivity index (χ1v) is 9.67. The number of rotatable bonds is 5. The van der Waals surface area contributed by atoms with Gasteiger partial charge < -0.3 is 14.0 Å². The second-order valence-electron chi connectivity index (χ2n) is 6.15. The van der Waals surface area contributed by atoms with Crippen molar-refractivity contribution in [2.75, 3.05) is 14.2 Å². The van der Waals surface area contributed by atoms with Crippen LogP contribution in [0.2, 0.25) is 5.02 Å². The van der Waals surface area contributed by atoms with Crippen molar-refractivity contribution in [2.24, 2.45) is 4.99 Å². The first-order chi connectivity index (χ1) is 13.4. The van der Waals surface area contributed by atoms with E-state index in [1.807, 2.05) is 25.1 Å². The van der Waals surface area contributed by atoms with Gasteiger partial charge in [-0.15, -0.1) is 0 Å². The molecule has 28 heavy (non-hydrogen) atoms. The fourth-order valence-electron chi connectivity index (χ4n) is 2.85. The number of methoxy groups -OCH3 is 2. The Hall–Kier alpha value is -2.64. The van der Waals surface area contributed by atoms with Crippen LogP contribution < -0.4 is 9.54 Å². The third-order valence-electron chi connectivity index (χ3n) is 4.19. The Kier molecular flexibility index (Phi) is 6.16. The summed E-state index contributed by atoms with van der Waals surface area (Å²) in [5, 5.41) is 0.575. The van der Waals surface area contributed by atoms with Crippen LogP contribution in [0.3, 0.4) is 0 Å². The number of aryl methyl sites for hydroxylation is 1. The zero-order chi connectivity index (χ0) is 20.3. The van der Waals surface area contributed by atoms with Crippen molar-refractivity contribution in [1.82, 2.24) is 4.57 Å². The lowest BCUT2D eigenvalue weighted by molar-refractivity contribution is -0.141. The zero-order valence-corrected chi connectivity index (χ0v) is 17.3. The van der Waals surface area contributed by atoms with Crippen LogP contribution in [-0.2, 0) is 27.3 Å². The van der Waals surface area contributed by atoms with E-state index >= 15 is 0 Å². The van der Waals surface area contributed by atoms with E-state index in [9.17, 15) is 9.59 Å². The molecule has 3 rings (SSSR count). The van der Waals surface area contributed by atoms with Crippen molar-refractivity contribution < 1.29 is 19.1 Å². The van der Waals surface area contributed by atoms with Gasteiger partial charge in [0.15, 0.2) is 4.80 Å². The minimum Gasteiger partial charge on any atom is -0.496 e. The molecule has 1 heterocycles. The molecule has 0 fully saturated rings. The highest BCUT2D eigenvalue weighted by atomic mass is 35.5. The van der Waals surface area contributed by atoms with Crippen molar-refractivity contribution >= 4 is 45.0 Å². The van der Waals surface area contributed by atoms with Gasteiger partial charge in [0.05, 0.1) is 30.9 Å². The van der Waals surface area contributed by atoms with E-state index in [0.29, 0.717) is 9.82 Å². The Morgan fingerprint density at radius 3 is 2.64 bits per heavy atom. The Morgan fingerprint density at radius 1 is 1.18 bits per heavy atom. The normalized spacial score (nSPS) is 11.6. The van der Waals surface area contributed by atoms with Gasteiger partial charge in [-0.1, -0.05) is 35.1 Å². The molecular formula is C20H19ClN2O4S. The molecule has 0 unspecified atom stereocenters. The van der Waals surface area contributed by atoms with Crippen molar-refractivity contribution in [2.45, 2.75) is 19.9 Å². The maximum Gasteiger partial charge on any atom is 0.325 e.